The van der Waals surface area contributed by atoms with E-state index in [1.165, 1.54) is 31.2 Å². The van der Waals surface area contributed by atoms with Crippen LogP contribution >= 0.6 is 11.8 Å². The summed E-state index contributed by atoms with van der Waals surface area (Å²) in [6.07, 6.45) is 6.74. The number of aliphatic carboxylic acids is 1. The van der Waals surface area contributed by atoms with Gasteiger partial charge in [-0.1, -0.05) is 30.5 Å². The largest absolute Gasteiger partial charge is 0.480 e. The molecule has 1 spiro atoms. The lowest BCUT2D eigenvalue weighted by molar-refractivity contribution is -0.146. The molecule has 19 heavy (non-hydrogen) atoms. The van der Waals surface area contributed by atoms with Crippen molar-refractivity contribution in [1.82, 2.24) is 0 Å². The second kappa shape index (κ2) is 4.55. The molecular weight excluding hydrogens is 256 g/mol. The molecule has 0 aromatic heterocycles. The maximum atomic E-state index is 11.7. The first-order valence-electron chi connectivity index (χ1n) is 7.03. The van der Waals surface area contributed by atoms with Crippen molar-refractivity contribution in [3.63, 3.8) is 0 Å². The van der Waals surface area contributed by atoms with Crippen LogP contribution in [0.25, 0.3) is 0 Å². The van der Waals surface area contributed by atoms with E-state index in [1.807, 2.05) is 12.1 Å². The molecular formula is C16H20O2S. The van der Waals surface area contributed by atoms with Gasteiger partial charge in [-0.25, -0.2) is 0 Å². The monoisotopic (exact) mass is 276 g/mol. The molecule has 0 atom stereocenters. The van der Waals surface area contributed by atoms with Crippen LogP contribution < -0.4 is 0 Å². The molecule has 3 rings (SSSR count). The van der Waals surface area contributed by atoms with Crippen molar-refractivity contribution in [1.29, 1.82) is 0 Å². The Labute approximate surface area is 118 Å². The maximum absolute atomic E-state index is 11.7. The Morgan fingerprint density at radius 3 is 2.53 bits per heavy atom. The first-order chi connectivity index (χ1) is 9.04. The number of aryl methyl sites for hydroxylation is 1. The molecule has 0 radical (unpaired) electrons. The van der Waals surface area contributed by atoms with E-state index in [0.717, 1.165) is 17.7 Å². The molecule has 0 heterocycles. The van der Waals surface area contributed by atoms with Crippen LogP contribution in [0.15, 0.2) is 29.2 Å². The molecule has 0 saturated heterocycles. The Balaban J connectivity index is 1.78. The van der Waals surface area contributed by atoms with E-state index in [0.29, 0.717) is 5.41 Å². The highest BCUT2D eigenvalue weighted by Gasteiger charge is 2.60. The quantitative estimate of drug-likeness (QED) is 0.896. The third kappa shape index (κ3) is 2.29. The van der Waals surface area contributed by atoms with Crippen molar-refractivity contribution in [2.45, 2.75) is 55.1 Å². The first kappa shape index (κ1) is 13.0. The Morgan fingerprint density at radius 2 is 1.95 bits per heavy atom. The lowest BCUT2D eigenvalue weighted by Crippen LogP contribution is -2.53. The van der Waals surface area contributed by atoms with Gasteiger partial charge in [0.15, 0.2) is 0 Å². The van der Waals surface area contributed by atoms with Crippen molar-refractivity contribution >= 4 is 17.7 Å². The van der Waals surface area contributed by atoms with E-state index in [9.17, 15) is 9.90 Å². The predicted molar refractivity (Wildman–Crippen MR) is 77.5 cm³/mol. The number of carboxylic acids is 1. The summed E-state index contributed by atoms with van der Waals surface area (Å²) in [5, 5.41) is 9.64. The summed E-state index contributed by atoms with van der Waals surface area (Å²) in [5.74, 6) is -0.628. The fourth-order valence-electron chi connectivity index (χ4n) is 3.81. The normalized spacial score (nSPS) is 23.2. The lowest BCUT2D eigenvalue weighted by Gasteiger charge is -2.52. The zero-order valence-electron chi connectivity index (χ0n) is 11.3. The van der Waals surface area contributed by atoms with Gasteiger partial charge in [0, 0.05) is 4.90 Å². The number of thioether (sulfide) groups is 1. The Bertz CT molecular complexity index is 495. The summed E-state index contributed by atoms with van der Waals surface area (Å²) < 4.78 is -0.571. The van der Waals surface area contributed by atoms with E-state index >= 15 is 0 Å². The number of carbonyl (C=O) groups is 1. The van der Waals surface area contributed by atoms with Gasteiger partial charge in [0.25, 0.3) is 0 Å². The molecule has 1 N–H and O–H groups in total. The molecule has 0 aliphatic heterocycles. The molecule has 0 unspecified atom stereocenters. The van der Waals surface area contributed by atoms with Crippen molar-refractivity contribution in [2.24, 2.45) is 5.41 Å². The molecule has 2 fully saturated rings. The molecule has 2 aliphatic carbocycles. The number of hydrogen-bond donors (Lipinski definition) is 1. The molecule has 102 valence electrons. The topological polar surface area (TPSA) is 37.3 Å². The van der Waals surface area contributed by atoms with Gasteiger partial charge in [-0.05, 0) is 50.2 Å². The fraction of sp³-hybridized carbons (Fsp3) is 0.562. The van der Waals surface area contributed by atoms with Crippen molar-refractivity contribution in [3.8, 4) is 0 Å². The van der Waals surface area contributed by atoms with E-state index in [1.54, 1.807) is 11.8 Å². The molecule has 1 aromatic rings. The average molecular weight is 276 g/mol. The summed E-state index contributed by atoms with van der Waals surface area (Å²) in [6, 6.07) is 8.19. The molecule has 2 aliphatic rings. The minimum Gasteiger partial charge on any atom is -0.480 e. The third-order valence-electron chi connectivity index (χ3n) is 4.68. The standard InChI is InChI=1S/C16H20O2S/c1-12-5-4-6-13(9-12)19-16(14(17)18)10-15(11-16)7-2-3-8-15/h4-6,9H,2-3,7-8,10-11H2,1H3,(H,17,18). The van der Waals surface area contributed by atoms with Crippen molar-refractivity contribution < 1.29 is 9.90 Å². The summed E-state index contributed by atoms with van der Waals surface area (Å²) in [6.45, 7) is 2.05. The second-order valence-corrected chi connectivity index (χ2v) is 7.74. The Morgan fingerprint density at radius 1 is 1.26 bits per heavy atom. The van der Waals surface area contributed by atoms with E-state index < -0.39 is 10.7 Å². The summed E-state index contributed by atoms with van der Waals surface area (Å²) in [7, 11) is 0. The molecule has 0 amide bonds. The van der Waals surface area contributed by atoms with E-state index in [2.05, 4.69) is 19.1 Å². The maximum Gasteiger partial charge on any atom is 0.320 e. The minimum atomic E-state index is -0.628. The third-order valence-corrected chi connectivity index (χ3v) is 6.02. The van der Waals surface area contributed by atoms with Crippen LogP contribution in [0.4, 0.5) is 0 Å². The first-order valence-corrected chi connectivity index (χ1v) is 7.85. The number of hydrogen-bond acceptors (Lipinski definition) is 2. The van der Waals surface area contributed by atoms with Crippen LogP contribution in [-0.2, 0) is 4.79 Å². The van der Waals surface area contributed by atoms with Crippen LogP contribution in [-0.4, -0.2) is 15.8 Å². The van der Waals surface area contributed by atoms with Gasteiger partial charge in [-0.2, -0.15) is 0 Å². The second-order valence-electron chi connectivity index (χ2n) is 6.28. The highest BCUT2D eigenvalue weighted by atomic mass is 32.2. The lowest BCUT2D eigenvalue weighted by atomic mass is 9.60. The zero-order valence-corrected chi connectivity index (χ0v) is 12.1. The van der Waals surface area contributed by atoms with Crippen molar-refractivity contribution in [2.75, 3.05) is 0 Å². The smallest absolute Gasteiger partial charge is 0.320 e. The SMILES string of the molecule is Cc1cccc(SC2(C(=O)O)CC3(CCCC3)C2)c1. The molecule has 2 saturated carbocycles. The van der Waals surface area contributed by atoms with Crippen LogP contribution in [0.1, 0.15) is 44.1 Å². The van der Waals surface area contributed by atoms with Gasteiger partial charge in [-0.15, -0.1) is 11.8 Å². The number of benzene rings is 1. The highest BCUT2D eigenvalue weighted by molar-refractivity contribution is 8.01. The van der Waals surface area contributed by atoms with E-state index in [-0.39, 0.29) is 0 Å². The van der Waals surface area contributed by atoms with Gasteiger partial charge >= 0.3 is 5.97 Å². The number of rotatable bonds is 3. The zero-order chi connectivity index (χ0) is 13.5. The van der Waals surface area contributed by atoms with E-state index in [4.69, 9.17) is 0 Å². The van der Waals surface area contributed by atoms with Gasteiger partial charge in [0.2, 0.25) is 0 Å². The molecule has 0 bridgehead atoms. The van der Waals surface area contributed by atoms with Gasteiger partial charge in [0.05, 0.1) is 0 Å². The summed E-state index contributed by atoms with van der Waals surface area (Å²) in [4.78, 5) is 12.8. The molecule has 2 nitrogen and oxygen atoms in total. The Hall–Kier alpha value is -0.960. The molecule has 3 heteroatoms. The summed E-state index contributed by atoms with van der Waals surface area (Å²) in [5.41, 5.74) is 1.55. The fourth-order valence-corrected chi connectivity index (χ4v) is 5.50. The Kier molecular flexibility index (Phi) is 3.12. The highest BCUT2D eigenvalue weighted by Crippen LogP contribution is 2.64. The van der Waals surface area contributed by atoms with Crippen LogP contribution in [0.5, 0.6) is 0 Å². The molecule has 1 aromatic carbocycles. The van der Waals surface area contributed by atoms with Crippen molar-refractivity contribution in [3.05, 3.63) is 29.8 Å². The van der Waals surface area contributed by atoms with Crippen LogP contribution in [0.2, 0.25) is 0 Å². The average Bonchev–Trinajstić information content (AvgIpc) is 2.76. The number of carboxylic acid groups (broad SMARTS) is 1. The van der Waals surface area contributed by atoms with Gasteiger partial charge in [0.1, 0.15) is 4.75 Å². The minimum absolute atomic E-state index is 0.356. The predicted octanol–water partition coefficient (Wildman–Crippen LogP) is 4.26. The summed E-state index contributed by atoms with van der Waals surface area (Å²) >= 11 is 1.56. The van der Waals surface area contributed by atoms with Crippen LogP contribution in [0, 0.1) is 12.3 Å². The van der Waals surface area contributed by atoms with Crippen LogP contribution in [0.3, 0.4) is 0 Å². The van der Waals surface area contributed by atoms with Gasteiger partial charge in [-0.3, -0.25) is 4.79 Å². The van der Waals surface area contributed by atoms with Gasteiger partial charge < -0.3 is 5.11 Å².